The third-order valence-corrected chi connectivity index (χ3v) is 4.61. The van der Waals surface area contributed by atoms with Gasteiger partial charge < -0.3 is 5.32 Å². The number of nitrogens with zero attached hydrogens (tertiary/aromatic N) is 1. The van der Waals surface area contributed by atoms with E-state index in [1.54, 1.807) is 0 Å². The number of benzene rings is 1. The van der Waals surface area contributed by atoms with E-state index in [2.05, 4.69) is 48.3 Å². The summed E-state index contributed by atoms with van der Waals surface area (Å²) in [5.41, 5.74) is 1.51. The fourth-order valence-corrected chi connectivity index (χ4v) is 3.52. The number of fused-ring (bicyclic) bond motifs is 1. The molecule has 1 aromatic carbocycles. The number of hydrogen-bond donors (Lipinski definition) is 1. The van der Waals surface area contributed by atoms with Gasteiger partial charge in [0.1, 0.15) is 0 Å². The van der Waals surface area contributed by atoms with Gasteiger partial charge in [0.15, 0.2) is 0 Å². The maximum atomic E-state index is 3.29. The van der Waals surface area contributed by atoms with E-state index < -0.39 is 0 Å². The molecule has 2 aromatic rings. The minimum atomic E-state index is 0.968. The lowest BCUT2D eigenvalue weighted by Gasteiger charge is -2.18. The smallest absolute Gasteiger partial charge is 0.0349 e. The Hall–Kier alpha value is -0.900. The highest BCUT2D eigenvalue weighted by Gasteiger charge is 2.13. The van der Waals surface area contributed by atoms with E-state index >= 15 is 0 Å². The van der Waals surface area contributed by atoms with Crippen molar-refractivity contribution in [3.8, 4) is 0 Å². The summed E-state index contributed by atoms with van der Waals surface area (Å²) in [6, 6.07) is 8.75. The van der Waals surface area contributed by atoms with Crippen LogP contribution < -0.4 is 5.32 Å². The van der Waals surface area contributed by atoms with E-state index in [-0.39, 0.29) is 0 Å². The molecule has 0 radical (unpaired) electrons. The van der Waals surface area contributed by atoms with Gasteiger partial charge in [-0.1, -0.05) is 32.0 Å². The van der Waals surface area contributed by atoms with E-state index in [1.165, 1.54) is 20.5 Å². The molecular formula is C15H22N2S. The molecule has 1 heterocycles. The van der Waals surface area contributed by atoms with Gasteiger partial charge in [0.05, 0.1) is 0 Å². The van der Waals surface area contributed by atoms with Crippen LogP contribution in [0.15, 0.2) is 24.3 Å². The molecule has 0 saturated heterocycles. The zero-order valence-corrected chi connectivity index (χ0v) is 12.3. The minimum Gasteiger partial charge on any atom is -0.315 e. The maximum Gasteiger partial charge on any atom is 0.0349 e. The zero-order valence-electron chi connectivity index (χ0n) is 11.5. The first kappa shape index (κ1) is 13.5. The molecule has 0 aliphatic carbocycles. The lowest BCUT2D eigenvalue weighted by Crippen LogP contribution is -2.23. The largest absolute Gasteiger partial charge is 0.315 e. The summed E-state index contributed by atoms with van der Waals surface area (Å²) in [5, 5.41) is 4.72. The highest BCUT2D eigenvalue weighted by atomic mass is 32.1. The lowest BCUT2D eigenvalue weighted by atomic mass is 10.1. The Bertz CT molecular complexity index is 500. The average molecular weight is 262 g/mol. The van der Waals surface area contributed by atoms with Gasteiger partial charge >= 0.3 is 0 Å². The van der Waals surface area contributed by atoms with Crippen molar-refractivity contribution >= 4 is 21.4 Å². The first-order valence-corrected chi connectivity index (χ1v) is 7.48. The fraction of sp³-hybridized carbons (Fsp3) is 0.467. The van der Waals surface area contributed by atoms with Crippen molar-refractivity contribution in [2.45, 2.75) is 26.9 Å². The molecular weight excluding hydrogens is 240 g/mol. The number of rotatable bonds is 6. The monoisotopic (exact) mass is 262 g/mol. The van der Waals surface area contributed by atoms with Gasteiger partial charge in [0.25, 0.3) is 0 Å². The van der Waals surface area contributed by atoms with Crippen LogP contribution in [-0.2, 0) is 13.1 Å². The molecule has 98 valence electrons. The summed E-state index contributed by atoms with van der Waals surface area (Å²) in [6.07, 6.45) is 0. The fourth-order valence-electron chi connectivity index (χ4n) is 2.30. The van der Waals surface area contributed by atoms with Crippen molar-refractivity contribution in [2.24, 2.45) is 0 Å². The van der Waals surface area contributed by atoms with Gasteiger partial charge in [-0.25, -0.2) is 0 Å². The third kappa shape index (κ3) is 2.74. The van der Waals surface area contributed by atoms with Gasteiger partial charge in [-0.05, 0) is 37.2 Å². The zero-order chi connectivity index (χ0) is 13.0. The molecule has 0 saturated carbocycles. The van der Waals surface area contributed by atoms with Crippen LogP contribution in [0.25, 0.3) is 10.1 Å². The topological polar surface area (TPSA) is 15.3 Å². The van der Waals surface area contributed by atoms with E-state index in [4.69, 9.17) is 0 Å². The summed E-state index contributed by atoms with van der Waals surface area (Å²) < 4.78 is 1.41. The van der Waals surface area contributed by atoms with Gasteiger partial charge in [0, 0.05) is 22.7 Å². The van der Waals surface area contributed by atoms with Crippen molar-refractivity contribution in [2.75, 3.05) is 20.1 Å². The van der Waals surface area contributed by atoms with Crippen LogP contribution in [-0.4, -0.2) is 25.0 Å². The summed E-state index contributed by atoms with van der Waals surface area (Å²) in [7, 11) is 2.02. The van der Waals surface area contributed by atoms with E-state index in [9.17, 15) is 0 Å². The van der Waals surface area contributed by atoms with Gasteiger partial charge in [-0.2, -0.15) is 0 Å². The molecule has 3 heteroatoms. The SMILES string of the molecule is CCN(CC)Cc1c(CNC)sc2ccccc12. The van der Waals surface area contributed by atoms with Crippen LogP contribution in [0.4, 0.5) is 0 Å². The van der Waals surface area contributed by atoms with E-state index in [0.29, 0.717) is 0 Å². The lowest BCUT2D eigenvalue weighted by molar-refractivity contribution is 0.296. The van der Waals surface area contributed by atoms with E-state index in [0.717, 1.165) is 26.2 Å². The quantitative estimate of drug-likeness (QED) is 0.857. The van der Waals surface area contributed by atoms with Crippen molar-refractivity contribution < 1.29 is 0 Å². The number of nitrogens with one attached hydrogen (secondary N) is 1. The van der Waals surface area contributed by atoms with Gasteiger partial charge in [-0.15, -0.1) is 11.3 Å². The second-order valence-corrected chi connectivity index (χ2v) is 5.63. The highest BCUT2D eigenvalue weighted by molar-refractivity contribution is 7.19. The van der Waals surface area contributed by atoms with Crippen molar-refractivity contribution in [1.29, 1.82) is 0 Å². The molecule has 18 heavy (non-hydrogen) atoms. The second-order valence-electron chi connectivity index (χ2n) is 4.49. The predicted octanol–water partition coefficient (Wildman–Crippen LogP) is 3.46. The standard InChI is InChI=1S/C15H22N2S/c1-4-17(5-2)11-13-12-8-6-7-9-14(12)18-15(13)10-16-3/h6-9,16H,4-5,10-11H2,1-3H3. The second kappa shape index (κ2) is 6.32. The summed E-state index contributed by atoms with van der Waals surface area (Å²) in [6.45, 7) is 8.72. The molecule has 2 nitrogen and oxygen atoms in total. The van der Waals surface area contributed by atoms with Crippen LogP contribution in [0.5, 0.6) is 0 Å². The molecule has 0 aliphatic rings. The molecule has 0 spiro atoms. The van der Waals surface area contributed by atoms with Crippen LogP contribution in [0, 0.1) is 0 Å². The van der Waals surface area contributed by atoms with Gasteiger partial charge in [0.2, 0.25) is 0 Å². The summed E-state index contributed by atoms with van der Waals surface area (Å²) in [4.78, 5) is 3.96. The molecule has 0 atom stereocenters. The molecule has 0 bridgehead atoms. The molecule has 0 aliphatic heterocycles. The Morgan fingerprint density at radius 3 is 2.56 bits per heavy atom. The highest BCUT2D eigenvalue weighted by Crippen LogP contribution is 2.32. The predicted molar refractivity (Wildman–Crippen MR) is 81.2 cm³/mol. The van der Waals surface area contributed by atoms with Crippen molar-refractivity contribution in [3.63, 3.8) is 0 Å². The van der Waals surface area contributed by atoms with Crippen LogP contribution in [0.1, 0.15) is 24.3 Å². The Labute approximate surface area is 114 Å². The van der Waals surface area contributed by atoms with Crippen LogP contribution in [0.2, 0.25) is 0 Å². The Balaban J connectivity index is 2.41. The molecule has 1 N–H and O–H groups in total. The Kier molecular flexibility index (Phi) is 4.75. The Morgan fingerprint density at radius 2 is 1.89 bits per heavy atom. The average Bonchev–Trinajstić information content (AvgIpc) is 2.74. The number of hydrogen-bond acceptors (Lipinski definition) is 3. The van der Waals surface area contributed by atoms with Crippen molar-refractivity contribution in [1.82, 2.24) is 10.2 Å². The molecule has 0 unspecified atom stereocenters. The summed E-state index contributed by atoms with van der Waals surface area (Å²) >= 11 is 1.92. The van der Waals surface area contributed by atoms with Gasteiger partial charge in [-0.3, -0.25) is 4.90 Å². The third-order valence-electron chi connectivity index (χ3n) is 3.40. The molecule has 1 aromatic heterocycles. The molecule has 0 fully saturated rings. The van der Waals surface area contributed by atoms with E-state index in [1.807, 2.05) is 18.4 Å². The minimum absolute atomic E-state index is 0.968. The normalized spacial score (nSPS) is 11.6. The first-order valence-electron chi connectivity index (χ1n) is 6.66. The maximum absolute atomic E-state index is 3.29. The van der Waals surface area contributed by atoms with Crippen LogP contribution in [0.3, 0.4) is 0 Å². The number of thiophene rings is 1. The van der Waals surface area contributed by atoms with Crippen LogP contribution >= 0.6 is 11.3 Å². The Morgan fingerprint density at radius 1 is 1.17 bits per heavy atom. The van der Waals surface area contributed by atoms with Crippen molar-refractivity contribution in [3.05, 3.63) is 34.7 Å². The molecule has 2 rings (SSSR count). The summed E-state index contributed by atoms with van der Waals surface area (Å²) in [5.74, 6) is 0. The first-order chi connectivity index (χ1) is 8.80. The molecule has 0 amide bonds.